The van der Waals surface area contributed by atoms with Gasteiger partial charge in [0.25, 0.3) is 0 Å². The summed E-state index contributed by atoms with van der Waals surface area (Å²) in [5.74, 6) is 0.0859. The molecular weight excluding hydrogens is 360 g/mol. The van der Waals surface area contributed by atoms with Gasteiger partial charge in [0.2, 0.25) is 17.7 Å². The summed E-state index contributed by atoms with van der Waals surface area (Å²) in [5.41, 5.74) is 2.76. The van der Waals surface area contributed by atoms with Crippen molar-refractivity contribution in [1.82, 2.24) is 20.3 Å². The first-order chi connectivity index (χ1) is 13.5. The zero-order valence-corrected chi connectivity index (χ0v) is 15.7. The third kappa shape index (κ3) is 4.59. The van der Waals surface area contributed by atoms with E-state index in [-0.39, 0.29) is 29.8 Å². The fourth-order valence-corrected chi connectivity index (χ4v) is 2.82. The van der Waals surface area contributed by atoms with Gasteiger partial charge in [0, 0.05) is 24.4 Å². The van der Waals surface area contributed by atoms with Crippen molar-refractivity contribution in [2.24, 2.45) is 0 Å². The van der Waals surface area contributed by atoms with Crippen molar-refractivity contribution >= 4 is 5.91 Å². The molecule has 3 aromatic rings. The van der Waals surface area contributed by atoms with Crippen molar-refractivity contribution < 1.29 is 14.6 Å². The third-order valence-corrected chi connectivity index (χ3v) is 4.48. The van der Waals surface area contributed by atoms with E-state index in [0.29, 0.717) is 12.4 Å². The number of hydrogen-bond donors (Lipinski definition) is 4. The van der Waals surface area contributed by atoms with Crippen LogP contribution in [0.25, 0.3) is 11.1 Å². The first-order valence-electron chi connectivity index (χ1n) is 8.83. The lowest BCUT2D eigenvalue weighted by Crippen LogP contribution is -2.29. The number of ether oxygens (including phenoxy) is 1. The van der Waals surface area contributed by atoms with E-state index in [0.717, 1.165) is 16.7 Å². The summed E-state index contributed by atoms with van der Waals surface area (Å²) in [6.07, 6.45) is 1.67. The monoisotopic (exact) mass is 382 g/mol. The fraction of sp³-hybridized carbons (Fsp3) is 0.250. The molecule has 2 aromatic heterocycles. The van der Waals surface area contributed by atoms with Gasteiger partial charge in [0.05, 0.1) is 19.2 Å². The van der Waals surface area contributed by atoms with Crippen molar-refractivity contribution in [1.29, 1.82) is 0 Å². The Morgan fingerprint density at radius 3 is 2.46 bits per heavy atom. The minimum Gasteiger partial charge on any atom is -0.493 e. The number of aromatic nitrogens is 3. The van der Waals surface area contributed by atoms with Gasteiger partial charge in [-0.25, -0.2) is 9.78 Å². The molecular formula is C20H22N4O4. The van der Waals surface area contributed by atoms with E-state index < -0.39 is 5.69 Å². The number of pyridine rings is 1. The van der Waals surface area contributed by atoms with E-state index in [1.165, 1.54) is 0 Å². The van der Waals surface area contributed by atoms with E-state index in [9.17, 15) is 14.7 Å². The Bertz CT molecular complexity index is 990. The zero-order valence-electron chi connectivity index (χ0n) is 15.7. The van der Waals surface area contributed by atoms with Gasteiger partial charge >= 0.3 is 5.69 Å². The number of carbonyl (C=O) groups excluding carboxylic acids is 1. The van der Waals surface area contributed by atoms with Crippen molar-refractivity contribution in [2.75, 3.05) is 13.7 Å². The Balaban J connectivity index is 1.56. The average Bonchev–Trinajstić information content (AvgIpc) is 3.03. The Labute approximate surface area is 161 Å². The van der Waals surface area contributed by atoms with Crippen molar-refractivity contribution in [3.63, 3.8) is 0 Å². The molecule has 146 valence electrons. The molecule has 0 aliphatic carbocycles. The second-order valence-corrected chi connectivity index (χ2v) is 6.50. The maximum atomic E-state index is 12.0. The third-order valence-electron chi connectivity index (χ3n) is 4.48. The highest BCUT2D eigenvalue weighted by atomic mass is 16.5. The predicted octanol–water partition coefficient (Wildman–Crippen LogP) is 1.94. The zero-order chi connectivity index (χ0) is 20.1. The van der Waals surface area contributed by atoms with Gasteiger partial charge in [-0.3, -0.25) is 9.78 Å². The van der Waals surface area contributed by atoms with Crippen LogP contribution in [-0.2, 0) is 11.2 Å². The number of nitrogens with zero attached hydrogens (tertiary/aromatic N) is 1. The molecule has 1 atom stereocenters. The van der Waals surface area contributed by atoms with Gasteiger partial charge in [-0.2, -0.15) is 0 Å². The Morgan fingerprint density at radius 2 is 1.89 bits per heavy atom. The molecule has 0 aliphatic rings. The first-order valence-corrected chi connectivity index (χ1v) is 8.83. The maximum Gasteiger partial charge on any atom is 0.325 e. The van der Waals surface area contributed by atoms with E-state index in [4.69, 9.17) is 4.74 Å². The Hall–Kier alpha value is -3.55. The molecule has 1 aromatic carbocycles. The summed E-state index contributed by atoms with van der Waals surface area (Å²) < 4.78 is 5.07. The van der Waals surface area contributed by atoms with Crippen molar-refractivity contribution in [3.05, 3.63) is 64.3 Å². The van der Waals surface area contributed by atoms with Gasteiger partial charge in [-0.15, -0.1) is 0 Å². The number of aromatic amines is 2. The van der Waals surface area contributed by atoms with Gasteiger partial charge in [-0.05, 0) is 23.1 Å². The molecule has 0 bridgehead atoms. The van der Waals surface area contributed by atoms with E-state index >= 15 is 0 Å². The fourth-order valence-electron chi connectivity index (χ4n) is 2.82. The van der Waals surface area contributed by atoms with Gasteiger partial charge in [-0.1, -0.05) is 31.2 Å². The molecule has 8 nitrogen and oxygen atoms in total. The summed E-state index contributed by atoms with van der Waals surface area (Å²) in [6, 6.07) is 11.8. The highest BCUT2D eigenvalue weighted by Gasteiger charge is 2.13. The number of hydrogen-bond acceptors (Lipinski definition) is 5. The Kier molecular flexibility index (Phi) is 5.78. The summed E-state index contributed by atoms with van der Waals surface area (Å²) in [6.45, 7) is 2.46. The van der Waals surface area contributed by atoms with Crippen LogP contribution in [0.15, 0.2) is 47.4 Å². The highest BCUT2D eigenvalue weighted by Crippen LogP contribution is 2.23. The molecule has 0 saturated carbocycles. The molecule has 0 spiro atoms. The average molecular weight is 382 g/mol. The van der Waals surface area contributed by atoms with Crippen molar-refractivity contribution in [3.8, 4) is 22.9 Å². The number of carbonyl (C=O) groups is 1. The molecule has 28 heavy (non-hydrogen) atoms. The second kappa shape index (κ2) is 8.43. The smallest absolute Gasteiger partial charge is 0.325 e. The van der Waals surface area contributed by atoms with Crippen LogP contribution in [0.4, 0.5) is 0 Å². The van der Waals surface area contributed by atoms with Gasteiger partial charge < -0.3 is 20.1 Å². The lowest BCUT2D eigenvalue weighted by atomic mass is 9.98. The van der Waals surface area contributed by atoms with Crippen LogP contribution < -0.4 is 15.7 Å². The Morgan fingerprint density at radius 1 is 1.18 bits per heavy atom. The molecule has 0 aliphatic heterocycles. The molecule has 4 N–H and O–H groups in total. The minimum atomic E-state index is -0.541. The predicted molar refractivity (Wildman–Crippen MR) is 104 cm³/mol. The van der Waals surface area contributed by atoms with E-state index in [1.807, 2.05) is 43.3 Å². The largest absolute Gasteiger partial charge is 0.493 e. The van der Waals surface area contributed by atoms with Gasteiger partial charge in [0.1, 0.15) is 0 Å². The van der Waals surface area contributed by atoms with Crippen LogP contribution in [0.2, 0.25) is 0 Å². The van der Waals surface area contributed by atoms with Crippen LogP contribution in [0.5, 0.6) is 11.8 Å². The van der Waals surface area contributed by atoms with E-state index in [1.54, 1.807) is 13.3 Å². The molecule has 0 saturated heterocycles. The lowest BCUT2D eigenvalue weighted by Gasteiger charge is -2.14. The SMILES string of the molecule is COc1ccc(-c2ccc(C(C)CNC(=O)Cc3[nH]c(=O)[nH]c3O)cc2)cn1. The number of imidazole rings is 1. The number of benzene rings is 1. The summed E-state index contributed by atoms with van der Waals surface area (Å²) in [5, 5.41) is 12.3. The molecule has 1 unspecified atom stereocenters. The quantitative estimate of drug-likeness (QED) is 0.498. The summed E-state index contributed by atoms with van der Waals surface area (Å²) in [4.78, 5) is 31.9. The summed E-state index contributed by atoms with van der Waals surface area (Å²) in [7, 11) is 1.58. The first kappa shape index (κ1) is 19.2. The van der Waals surface area contributed by atoms with Crippen LogP contribution in [0.3, 0.4) is 0 Å². The summed E-state index contributed by atoms with van der Waals surface area (Å²) >= 11 is 0. The maximum absolute atomic E-state index is 12.0. The molecule has 0 radical (unpaired) electrons. The molecule has 0 fully saturated rings. The minimum absolute atomic E-state index is 0.0965. The standard InChI is InChI=1S/C20H22N4O4/c1-12(10-21-17(25)9-16-19(26)24-20(27)23-16)13-3-5-14(6-4-13)15-7-8-18(28-2)22-11-15/h3-8,11-12,26H,9-10H2,1-2H3,(H,21,25)(H2,23,24,27). The van der Waals surface area contributed by atoms with Crippen LogP contribution in [-0.4, -0.2) is 39.6 Å². The number of nitrogens with one attached hydrogen (secondary N) is 3. The molecule has 8 heteroatoms. The van der Waals surface area contributed by atoms with E-state index in [2.05, 4.69) is 20.3 Å². The molecule has 1 amide bonds. The highest BCUT2D eigenvalue weighted by molar-refractivity contribution is 5.78. The number of aromatic hydroxyl groups is 1. The molecule has 2 heterocycles. The van der Waals surface area contributed by atoms with Crippen LogP contribution >= 0.6 is 0 Å². The number of methoxy groups -OCH3 is 1. The van der Waals surface area contributed by atoms with Gasteiger partial charge in [0.15, 0.2) is 0 Å². The van der Waals surface area contributed by atoms with Crippen LogP contribution in [0, 0.1) is 0 Å². The number of rotatable bonds is 7. The topological polar surface area (TPSA) is 120 Å². The number of amides is 1. The number of H-pyrrole nitrogens is 2. The lowest BCUT2D eigenvalue weighted by molar-refractivity contribution is -0.120. The van der Waals surface area contributed by atoms with Crippen LogP contribution in [0.1, 0.15) is 24.1 Å². The van der Waals surface area contributed by atoms with Crippen molar-refractivity contribution in [2.45, 2.75) is 19.3 Å². The normalized spacial score (nSPS) is 11.8. The molecule has 3 rings (SSSR count). The second-order valence-electron chi connectivity index (χ2n) is 6.50.